The number of hydrogen-bond acceptors (Lipinski definition) is 3. The van der Waals surface area contributed by atoms with Crippen molar-refractivity contribution in [2.24, 2.45) is 0 Å². The maximum Gasteiger partial charge on any atom is 0.198 e. The van der Waals surface area contributed by atoms with Crippen molar-refractivity contribution >= 4 is 16.8 Å². The van der Waals surface area contributed by atoms with Crippen molar-refractivity contribution in [2.75, 3.05) is 6.61 Å². The average Bonchev–Trinajstić information content (AvgIpc) is 3.06. The van der Waals surface area contributed by atoms with Crippen LogP contribution in [0.4, 0.5) is 0 Å². The Morgan fingerprint density at radius 1 is 1.35 bits per heavy atom. The van der Waals surface area contributed by atoms with Gasteiger partial charge in [0.15, 0.2) is 11.5 Å². The van der Waals surface area contributed by atoms with Crippen LogP contribution in [0.15, 0.2) is 28.7 Å². The first-order chi connectivity index (χ1) is 9.72. The van der Waals surface area contributed by atoms with Crippen LogP contribution in [-0.2, 0) is 4.74 Å². The molecule has 106 valence electrons. The predicted octanol–water partition coefficient (Wildman–Crippen LogP) is 4.27. The molecule has 3 nitrogen and oxygen atoms in total. The van der Waals surface area contributed by atoms with E-state index in [9.17, 15) is 4.79 Å². The summed E-state index contributed by atoms with van der Waals surface area (Å²) in [5, 5.41) is 1.01. The molecule has 1 aliphatic rings. The van der Waals surface area contributed by atoms with Gasteiger partial charge in [0.2, 0.25) is 0 Å². The first-order valence-corrected chi connectivity index (χ1v) is 7.37. The fraction of sp³-hybridized carbons (Fsp3) is 0.471. The summed E-state index contributed by atoms with van der Waals surface area (Å²) < 4.78 is 11.2. The molecule has 1 atom stereocenters. The van der Waals surface area contributed by atoms with Crippen molar-refractivity contribution < 1.29 is 13.9 Å². The molecular weight excluding hydrogens is 252 g/mol. The van der Waals surface area contributed by atoms with E-state index in [0.717, 1.165) is 43.3 Å². The van der Waals surface area contributed by atoms with E-state index in [-0.39, 0.29) is 5.78 Å². The first kappa shape index (κ1) is 13.4. The van der Waals surface area contributed by atoms with Crippen LogP contribution in [0.3, 0.4) is 0 Å². The molecule has 1 aromatic heterocycles. The molecule has 1 saturated heterocycles. The van der Waals surface area contributed by atoms with Gasteiger partial charge >= 0.3 is 0 Å². The number of ketones is 1. The number of carbonyl (C=O) groups excluding carboxylic acids is 1. The van der Waals surface area contributed by atoms with Gasteiger partial charge < -0.3 is 9.15 Å². The normalized spacial score (nSPS) is 18.8. The van der Waals surface area contributed by atoms with E-state index in [1.54, 1.807) is 0 Å². The molecule has 0 N–H and O–H groups in total. The number of hydrogen-bond donors (Lipinski definition) is 0. The van der Waals surface area contributed by atoms with E-state index in [4.69, 9.17) is 9.15 Å². The van der Waals surface area contributed by atoms with Crippen molar-refractivity contribution in [2.45, 2.75) is 45.1 Å². The zero-order valence-electron chi connectivity index (χ0n) is 11.9. The molecule has 1 fully saturated rings. The Kier molecular flexibility index (Phi) is 3.88. The standard InChI is InChI=1S/C17H20O3/c1-12-7-8-16-13(10-12)11-17(20-16)15(18)6-2-4-14-5-3-9-19-14/h7-8,10-11,14H,2-6,9H2,1H3. The monoisotopic (exact) mass is 272 g/mol. The molecule has 0 amide bonds. The van der Waals surface area contributed by atoms with Gasteiger partial charge in [-0.1, -0.05) is 11.6 Å². The lowest BCUT2D eigenvalue weighted by molar-refractivity contribution is 0.0905. The van der Waals surface area contributed by atoms with Gasteiger partial charge in [0.1, 0.15) is 5.58 Å². The molecule has 1 unspecified atom stereocenters. The smallest absolute Gasteiger partial charge is 0.198 e. The lowest BCUT2D eigenvalue weighted by Crippen LogP contribution is -2.06. The molecule has 0 spiro atoms. The van der Waals surface area contributed by atoms with Crippen LogP contribution in [0.5, 0.6) is 0 Å². The topological polar surface area (TPSA) is 39.4 Å². The molecule has 20 heavy (non-hydrogen) atoms. The molecule has 3 rings (SSSR count). The van der Waals surface area contributed by atoms with Gasteiger partial charge in [-0.3, -0.25) is 4.79 Å². The summed E-state index contributed by atoms with van der Waals surface area (Å²) in [6, 6.07) is 7.82. The molecular formula is C17H20O3. The van der Waals surface area contributed by atoms with Crippen LogP contribution >= 0.6 is 0 Å². The minimum Gasteiger partial charge on any atom is -0.453 e. The highest BCUT2D eigenvalue weighted by Gasteiger charge is 2.17. The summed E-state index contributed by atoms with van der Waals surface area (Å²) in [5.74, 6) is 0.579. The number of benzene rings is 1. The Labute approximate surface area is 118 Å². The molecule has 0 saturated carbocycles. The quantitative estimate of drug-likeness (QED) is 0.763. The van der Waals surface area contributed by atoms with E-state index >= 15 is 0 Å². The van der Waals surface area contributed by atoms with Crippen molar-refractivity contribution in [1.82, 2.24) is 0 Å². The number of aryl methyl sites for hydroxylation is 1. The number of carbonyl (C=O) groups is 1. The molecule has 2 heterocycles. The molecule has 3 heteroatoms. The Morgan fingerprint density at radius 2 is 2.25 bits per heavy atom. The fourth-order valence-corrected chi connectivity index (χ4v) is 2.79. The molecule has 2 aromatic rings. The summed E-state index contributed by atoms with van der Waals surface area (Å²) in [5.41, 5.74) is 1.97. The summed E-state index contributed by atoms with van der Waals surface area (Å²) in [4.78, 5) is 12.1. The third-order valence-corrected chi connectivity index (χ3v) is 3.90. The lowest BCUT2D eigenvalue weighted by Gasteiger charge is -2.07. The zero-order valence-corrected chi connectivity index (χ0v) is 11.9. The Hall–Kier alpha value is -1.61. The largest absolute Gasteiger partial charge is 0.453 e. The number of furan rings is 1. The van der Waals surface area contributed by atoms with Gasteiger partial charge in [0.05, 0.1) is 6.10 Å². The minimum atomic E-state index is 0.0943. The van der Waals surface area contributed by atoms with Gasteiger partial charge in [-0.25, -0.2) is 0 Å². The number of rotatable bonds is 5. The summed E-state index contributed by atoms with van der Waals surface area (Å²) >= 11 is 0. The van der Waals surface area contributed by atoms with Crippen molar-refractivity contribution in [1.29, 1.82) is 0 Å². The van der Waals surface area contributed by atoms with Crippen molar-refractivity contribution in [3.8, 4) is 0 Å². The highest BCUT2D eigenvalue weighted by atomic mass is 16.5. The lowest BCUT2D eigenvalue weighted by atomic mass is 10.1. The predicted molar refractivity (Wildman–Crippen MR) is 78.1 cm³/mol. The molecule has 1 aromatic carbocycles. The highest BCUT2D eigenvalue weighted by Crippen LogP contribution is 2.23. The molecule has 0 bridgehead atoms. The zero-order chi connectivity index (χ0) is 13.9. The van der Waals surface area contributed by atoms with Gasteiger partial charge in [-0.2, -0.15) is 0 Å². The van der Waals surface area contributed by atoms with Gasteiger partial charge in [0.25, 0.3) is 0 Å². The molecule has 0 radical (unpaired) electrons. The van der Waals surface area contributed by atoms with Crippen LogP contribution in [0.25, 0.3) is 11.0 Å². The van der Waals surface area contributed by atoms with E-state index in [0.29, 0.717) is 18.3 Å². The Morgan fingerprint density at radius 3 is 3.05 bits per heavy atom. The van der Waals surface area contributed by atoms with Crippen LogP contribution < -0.4 is 0 Å². The third-order valence-electron chi connectivity index (χ3n) is 3.90. The first-order valence-electron chi connectivity index (χ1n) is 7.37. The van der Waals surface area contributed by atoms with Crippen molar-refractivity contribution in [3.63, 3.8) is 0 Å². The number of fused-ring (bicyclic) bond motifs is 1. The highest BCUT2D eigenvalue weighted by molar-refractivity contribution is 5.97. The average molecular weight is 272 g/mol. The van der Waals surface area contributed by atoms with Gasteiger partial charge in [0, 0.05) is 18.4 Å². The summed E-state index contributed by atoms with van der Waals surface area (Å²) in [7, 11) is 0. The van der Waals surface area contributed by atoms with Crippen LogP contribution in [0.2, 0.25) is 0 Å². The van der Waals surface area contributed by atoms with E-state index < -0.39 is 0 Å². The third kappa shape index (κ3) is 2.93. The molecule has 1 aliphatic heterocycles. The van der Waals surface area contributed by atoms with E-state index in [1.165, 1.54) is 5.56 Å². The summed E-state index contributed by atoms with van der Waals surface area (Å²) in [6.07, 6.45) is 5.05. The van der Waals surface area contributed by atoms with Gasteiger partial charge in [-0.15, -0.1) is 0 Å². The summed E-state index contributed by atoms with van der Waals surface area (Å²) in [6.45, 7) is 2.91. The second-order valence-electron chi connectivity index (χ2n) is 5.60. The van der Waals surface area contributed by atoms with Gasteiger partial charge in [-0.05, 0) is 50.8 Å². The van der Waals surface area contributed by atoms with E-state index in [1.807, 2.05) is 31.2 Å². The van der Waals surface area contributed by atoms with Crippen LogP contribution in [0.1, 0.15) is 48.2 Å². The molecule has 0 aliphatic carbocycles. The second kappa shape index (κ2) is 5.80. The Balaban J connectivity index is 1.60. The SMILES string of the molecule is Cc1ccc2oc(C(=O)CCCC3CCCO3)cc2c1. The van der Waals surface area contributed by atoms with Crippen molar-refractivity contribution in [3.05, 3.63) is 35.6 Å². The van der Waals surface area contributed by atoms with Crippen LogP contribution in [0, 0.1) is 6.92 Å². The maximum atomic E-state index is 12.1. The maximum absolute atomic E-state index is 12.1. The number of ether oxygens (including phenoxy) is 1. The van der Waals surface area contributed by atoms with Crippen LogP contribution in [-0.4, -0.2) is 18.5 Å². The fourth-order valence-electron chi connectivity index (χ4n) is 2.79. The van der Waals surface area contributed by atoms with E-state index in [2.05, 4.69) is 0 Å². The number of Topliss-reactive ketones (excluding diaryl/α,β-unsaturated/α-hetero) is 1. The minimum absolute atomic E-state index is 0.0943. The Bertz CT molecular complexity index is 606. The second-order valence-corrected chi connectivity index (χ2v) is 5.60.